The van der Waals surface area contributed by atoms with Gasteiger partial charge in [-0.3, -0.25) is 0 Å². The van der Waals surface area contributed by atoms with Crippen molar-refractivity contribution in [2.75, 3.05) is 25.0 Å². The molecule has 1 aromatic rings. The van der Waals surface area contributed by atoms with Gasteiger partial charge in [0, 0.05) is 18.2 Å². The Balaban J connectivity index is 1.93. The van der Waals surface area contributed by atoms with Crippen molar-refractivity contribution < 1.29 is 8.78 Å². The summed E-state index contributed by atoms with van der Waals surface area (Å²) in [6.07, 6.45) is 0.492. The molecule has 0 aromatic carbocycles. The second kappa shape index (κ2) is 4.96. The van der Waals surface area contributed by atoms with E-state index in [1.54, 1.807) is 6.07 Å². The summed E-state index contributed by atoms with van der Waals surface area (Å²) in [6, 6.07) is 5.54. The zero-order valence-corrected chi connectivity index (χ0v) is 9.84. The van der Waals surface area contributed by atoms with Gasteiger partial charge in [-0.15, -0.1) is 0 Å². The summed E-state index contributed by atoms with van der Waals surface area (Å²) in [7, 11) is 0. The zero-order valence-electron chi connectivity index (χ0n) is 9.84. The summed E-state index contributed by atoms with van der Waals surface area (Å²) in [5.74, 6) is -2.58. The molecule has 1 atom stereocenters. The summed E-state index contributed by atoms with van der Waals surface area (Å²) < 4.78 is 27.1. The highest BCUT2D eigenvalue weighted by Crippen LogP contribution is 2.29. The number of aryl methyl sites for hydroxylation is 1. The Hall–Kier alpha value is -1.23. The van der Waals surface area contributed by atoms with Crippen LogP contribution in [0.2, 0.25) is 0 Å². The van der Waals surface area contributed by atoms with Crippen molar-refractivity contribution in [1.29, 1.82) is 0 Å². The van der Waals surface area contributed by atoms with Gasteiger partial charge in [-0.1, -0.05) is 6.07 Å². The molecule has 1 aliphatic heterocycles. The summed E-state index contributed by atoms with van der Waals surface area (Å²) >= 11 is 0. The van der Waals surface area contributed by atoms with Gasteiger partial charge >= 0.3 is 0 Å². The number of pyridine rings is 1. The van der Waals surface area contributed by atoms with E-state index in [4.69, 9.17) is 0 Å². The van der Waals surface area contributed by atoms with Gasteiger partial charge in [-0.25, -0.2) is 13.8 Å². The van der Waals surface area contributed by atoms with E-state index in [9.17, 15) is 8.78 Å². The van der Waals surface area contributed by atoms with Gasteiger partial charge in [0.05, 0.1) is 6.54 Å². The average molecular weight is 241 g/mol. The smallest absolute Gasteiger partial charge is 0.264 e. The first kappa shape index (κ1) is 12.2. The van der Waals surface area contributed by atoms with Gasteiger partial charge in [0.25, 0.3) is 5.92 Å². The van der Waals surface area contributed by atoms with Gasteiger partial charge in [-0.2, -0.15) is 0 Å². The third-order valence-corrected chi connectivity index (χ3v) is 3.05. The fourth-order valence-corrected chi connectivity index (χ4v) is 2.01. The van der Waals surface area contributed by atoms with Crippen molar-refractivity contribution in [3.05, 3.63) is 23.9 Å². The van der Waals surface area contributed by atoms with Crippen molar-refractivity contribution in [1.82, 2.24) is 10.3 Å². The summed E-state index contributed by atoms with van der Waals surface area (Å²) in [6.45, 7) is 2.58. The predicted octanol–water partition coefficient (Wildman–Crippen LogP) is 2.05. The zero-order chi connectivity index (χ0) is 12.3. The molecule has 0 saturated carbocycles. The maximum atomic E-state index is 13.5. The highest BCUT2D eigenvalue weighted by Gasteiger charge is 2.41. The second-order valence-corrected chi connectivity index (χ2v) is 4.47. The van der Waals surface area contributed by atoms with Crippen LogP contribution in [0.5, 0.6) is 0 Å². The number of nitrogens with zero attached hydrogens (tertiary/aromatic N) is 1. The van der Waals surface area contributed by atoms with Crippen LogP contribution in [0.15, 0.2) is 18.2 Å². The fraction of sp³-hybridized carbons (Fsp3) is 0.583. The Morgan fingerprint density at radius 2 is 2.35 bits per heavy atom. The molecule has 2 heterocycles. The largest absolute Gasteiger partial charge is 0.370 e. The van der Waals surface area contributed by atoms with Crippen LogP contribution in [0, 0.1) is 12.8 Å². The van der Waals surface area contributed by atoms with E-state index in [1.165, 1.54) is 0 Å². The molecule has 2 rings (SSSR count). The number of halogens is 2. The molecule has 0 aliphatic carbocycles. The van der Waals surface area contributed by atoms with Crippen LogP contribution in [-0.2, 0) is 0 Å². The van der Waals surface area contributed by atoms with Crippen molar-refractivity contribution in [3.63, 3.8) is 0 Å². The van der Waals surface area contributed by atoms with Crippen LogP contribution in [0.3, 0.4) is 0 Å². The maximum Gasteiger partial charge on any atom is 0.264 e. The standard InChI is InChI=1S/C12H17F2N3/c1-9-3-2-4-11(17-9)16-7-10-5-6-15-8-12(10,13)14/h2-4,10,15H,5-8H2,1H3,(H,16,17)/t10-/m1/s1. The lowest BCUT2D eigenvalue weighted by Gasteiger charge is -2.32. The fourth-order valence-electron chi connectivity index (χ4n) is 2.01. The van der Waals surface area contributed by atoms with Crippen molar-refractivity contribution in [2.45, 2.75) is 19.3 Å². The highest BCUT2D eigenvalue weighted by molar-refractivity contribution is 5.35. The van der Waals surface area contributed by atoms with Gasteiger partial charge < -0.3 is 10.6 Å². The average Bonchev–Trinajstić information content (AvgIpc) is 2.27. The second-order valence-electron chi connectivity index (χ2n) is 4.47. The topological polar surface area (TPSA) is 37.0 Å². The van der Waals surface area contributed by atoms with Crippen LogP contribution in [-0.4, -0.2) is 30.5 Å². The summed E-state index contributed by atoms with van der Waals surface area (Å²) in [4.78, 5) is 4.23. The number of rotatable bonds is 3. The molecule has 2 N–H and O–H groups in total. The number of anilines is 1. The van der Waals surface area contributed by atoms with E-state index in [0.717, 1.165) is 5.69 Å². The molecule has 0 unspecified atom stereocenters. The van der Waals surface area contributed by atoms with Crippen LogP contribution in [0.4, 0.5) is 14.6 Å². The molecule has 0 amide bonds. The number of hydrogen-bond donors (Lipinski definition) is 2. The van der Waals surface area contributed by atoms with Crippen molar-refractivity contribution >= 4 is 5.82 Å². The summed E-state index contributed by atoms with van der Waals surface area (Å²) in [5.41, 5.74) is 0.882. The van der Waals surface area contributed by atoms with Crippen LogP contribution >= 0.6 is 0 Å². The third kappa shape index (κ3) is 3.12. The van der Waals surface area contributed by atoms with Gasteiger partial charge in [-0.05, 0) is 32.0 Å². The van der Waals surface area contributed by atoms with E-state index < -0.39 is 11.8 Å². The molecule has 0 spiro atoms. The van der Waals surface area contributed by atoms with Crippen LogP contribution in [0.25, 0.3) is 0 Å². The van der Waals surface area contributed by atoms with Gasteiger partial charge in [0.2, 0.25) is 0 Å². The lowest BCUT2D eigenvalue weighted by Crippen LogP contribution is -2.48. The molecule has 5 heteroatoms. The minimum atomic E-state index is -2.63. The van der Waals surface area contributed by atoms with E-state index in [2.05, 4.69) is 15.6 Å². The van der Waals surface area contributed by atoms with E-state index in [1.807, 2.05) is 19.1 Å². The number of alkyl halides is 2. The predicted molar refractivity (Wildman–Crippen MR) is 63.4 cm³/mol. The minimum absolute atomic E-state index is 0.222. The maximum absolute atomic E-state index is 13.5. The Morgan fingerprint density at radius 1 is 1.53 bits per heavy atom. The molecule has 1 saturated heterocycles. The molecule has 3 nitrogen and oxygen atoms in total. The third-order valence-electron chi connectivity index (χ3n) is 3.05. The molecule has 17 heavy (non-hydrogen) atoms. The van der Waals surface area contributed by atoms with Crippen LogP contribution < -0.4 is 10.6 Å². The minimum Gasteiger partial charge on any atom is -0.370 e. The molecular formula is C12H17F2N3. The first-order valence-corrected chi connectivity index (χ1v) is 5.84. The Morgan fingerprint density at radius 3 is 3.06 bits per heavy atom. The van der Waals surface area contributed by atoms with E-state index in [0.29, 0.717) is 18.8 Å². The van der Waals surface area contributed by atoms with E-state index >= 15 is 0 Å². The lowest BCUT2D eigenvalue weighted by atomic mass is 9.94. The quantitative estimate of drug-likeness (QED) is 0.850. The van der Waals surface area contributed by atoms with Crippen molar-refractivity contribution in [3.8, 4) is 0 Å². The number of nitrogens with one attached hydrogen (secondary N) is 2. The van der Waals surface area contributed by atoms with Crippen molar-refractivity contribution in [2.24, 2.45) is 5.92 Å². The molecule has 94 valence electrons. The molecule has 1 aromatic heterocycles. The number of hydrogen-bond acceptors (Lipinski definition) is 3. The molecule has 0 bridgehead atoms. The number of aromatic nitrogens is 1. The van der Waals surface area contributed by atoms with E-state index in [-0.39, 0.29) is 13.1 Å². The first-order chi connectivity index (χ1) is 8.08. The Kier molecular flexibility index (Phi) is 3.57. The SMILES string of the molecule is Cc1cccc(NC[C@H]2CCNCC2(F)F)n1. The highest BCUT2D eigenvalue weighted by atomic mass is 19.3. The van der Waals surface area contributed by atoms with Gasteiger partial charge in [0.15, 0.2) is 0 Å². The Labute approximate surface area is 99.6 Å². The molecule has 1 aliphatic rings. The summed E-state index contributed by atoms with van der Waals surface area (Å²) in [5, 5.41) is 5.71. The molecular weight excluding hydrogens is 224 g/mol. The first-order valence-electron chi connectivity index (χ1n) is 5.84. The normalized spacial score (nSPS) is 23.4. The molecule has 0 radical (unpaired) electrons. The Bertz CT molecular complexity index is 382. The number of piperidine rings is 1. The van der Waals surface area contributed by atoms with Gasteiger partial charge in [0.1, 0.15) is 5.82 Å². The monoisotopic (exact) mass is 241 g/mol. The molecule has 1 fully saturated rings. The van der Waals surface area contributed by atoms with Crippen LogP contribution in [0.1, 0.15) is 12.1 Å². The lowest BCUT2D eigenvalue weighted by molar-refractivity contribution is -0.0678.